The lowest BCUT2D eigenvalue weighted by Crippen LogP contribution is -2.33. The third-order valence-corrected chi connectivity index (χ3v) is 4.28. The van der Waals surface area contributed by atoms with Gasteiger partial charge in [0, 0.05) is 31.3 Å². The molecule has 21 heavy (non-hydrogen) atoms. The predicted octanol–water partition coefficient (Wildman–Crippen LogP) is 3.08. The fourth-order valence-electron chi connectivity index (χ4n) is 3.17. The number of aryl methyl sites for hydroxylation is 2. The third kappa shape index (κ3) is 5.11. The SMILES string of the molecule is CCCNC(CCC1CCCO1)Cc1cc(C)nn1CC. The maximum absolute atomic E-state index is 5.76. The Labute approximate surface area is 129 Å². The first-order valence-electron chi connectivity index (χ1n) is 8.61. The first-order valence-corrected chi connectivity index (χ1v) is 8.61. The number of hydrogen-bond acceptors (Lipinski definition) is 3. The smallest absolute Gasteiger partial charge is 0.0596 e. The zero-order valence-corrected chi connectivity index (χ0v) is 13.9. The molecule has 1 aromatic heterocycles. The molecule has 1 aliphatic heterocycles. The van der Waals surface area contributed by atoms with Crippen LogP contribution < -0.4 is 5.32 Å². The lowest BCUT2D eigenvalue weighted by Gasteiger charge is -2.20. The highest BCUT2D eigenvalue weighted by Crippen LogP contribution is 2.19. The lowest BCUT2D eigenvalue weighted by molar-refractivity contribution is 0.0995. The van der Waals surface area contributed by atoms with Crippen LogP contribution in [-0.2, 0) is 17.7 Å². The van der Waals surface area contributed by atoms with Crippen LogP contribution in [-0.4, -0.2) is 35.1 Å². The van der Waals surface area contributed by atoms with Crippen LogP contribution in [0.15, 0.2) is 6.07 Å². The number of nitrogens with one attached hydrogen (secondary N) is 1. The van der Waals surface area contributed by atoms with Crippen molar-refractivity contribution >= 4 is 0 Å². The molecule has 1 N–H and O–H groups in total. The molecule has 1 fully saturated rings. The van der Waals surface area contributed by atoms with Crippen LogP contribution in [0.25, 0.3) is 0 Å². The third-order valence-electron chi connectivity index (χ3n) is 4.28. The molecule has 1 aromatic rings. The van der Waals surface area contributed by atoms with Gasteiger partial charge in [-0.3, -0.25) is 4.68 Å². The number of hydrogen-bond donors (Lipinski definition) is 1. The van der Waals surface area contributed by atoms with E-state index in [1.807, 2.05) is 0 Å². The highest BCUT2D eigenvalue weighted by Gasteiger charge is 2.19. The minimum absolute atomic E-state index is 0.494. The van der Waals surface area contributed by atoms with Gasteiger partial charge in [0.05, 0.1) is 11.8 Å². The molecule has 2 heterocycles. The average Bonchev–Trinajstić information content (AvgIpc) is 3.11. The Hall–Kier alpha value is -0.870. The van der Waals surface area contributed by atoms with Crippen LogP contribution in [0.5, 0.6) is 0 Å². The van der Waals surface area contributed by atoms with Gasteiger partial charge in [-0.2, -0.15) is 5.10 Å². The second-order valence-corrected chi connectivity index (χ2v) is 6.16. The Balaban J connectivity index is 1.90. The Morgan fingerprint density at radius 2 is 2.33 bits per heavy atom. The molecule has 120 valence electrons. The largest absolute Gasteiger partial charge is 0.378 e. The standard InChI is InChI=1S/C17H31N3O/c1-4-10-18-15(8-9-17-7-6-11-21-17)13-16-12-14(3)19-20(16)5-2/h12,15,17-18H,4-11,13H2,1-3H3. The molecular weight excluding hydrogens is 262 g/mol. The summed E-state index contributed by atoms with van der Waals surface area (Å²) in [6.45, 7) is 9.47. The van der Waals surface area contributed by atoms with E-state index in [0.717, 1.165) is 31.8 Å². The van der Waals surface area contributed by atoms with Crippen molar-refractivity contribution in [2.45, 2.75) is 78.0 Å². The van der Waals surface area contributed by atoms with Gasteiger partial charge >= 0.3 is 0 Å². The normalized spacial score (nSPS) is 20.0. The number of ether oxygens (including phenoxy) is 1. The fraction of sp³-hybridized carbons (Fsp3) is 0.824. The van der Waals surface area contributed by atoms with Crippen molar-refractivity contribution in [3.8, 4) is 0 Å². The minimum Gasteiger partial charge on any atom is -0.378 e. The van der Waals surface area contributed by atoms with E-state index in [-0.39, 0.29) is 0 Å². The Morgan fingerprint density at radius 1 is 1.48 bits per heavy atom. The van der Waals surface area contributed by atoms with E-state index >= 15 is 0 Å². The van der Waals surface area contributed by atoms with Gasteiger partial charge in [-0.1, -0.05) is 6.92 Å². The zero-order valence-electron chi connectivity index (χ0n) is 13.9. The van der Waals surface area contributed by atoms with Crippen molar-refractivity contribution in [1.29, 1.82) is 0 Å². The molecule has 0 bridgehead atoms. The van der Waals surface area contributed by atoms with Gasteiger partial charge in [0.1, 0.15) is 0 Å². The summed E-state index contributed by atoms with van der Waals surface area (Å²) in [7, 11) is 0. The molecule has 2 rings (SSSR count). The second kappa shape index (κ2) is 8.54. The highest BCUT2D eigenvalue weighted by molar-refractivity contribution is 5.10. The van der Waals surface area contributed by atoms with Gasteiger partial charge in [0.15, 0.2) is 0 Å². The Morgan fingerprint density at radius 3 is 3.00 bits per heavy atom. The Bertz CT molecular complexity index is 410. The van der Waals surface area contributed by atoms with Gasteiger partial charge in [0.2, 0.25) is 0 Å². The summed E-state index contributed by atoms with van der Waals surface area (Å²) >= 11 is 0. The van der Waals surface area contributed by atoms with Crippen LogP contribution in [0.3, 0.4) is 0 Å². The van der Waals surface area contributed by atoms with Crippen LogP contribution >= 0.6 is 0 Å². The highest BCUT2D eigenvalue weighted by atomic mass is 16.5. The van der Waals surface area contributed by atoms with Crippen LogP contribution in [0.2, 0.25) is 0 Å². The Kier molecular flexibility index (Phi) is 6.71. The summed E-state index contributed by atoms with van der Waals surface area (Å²) in [6.07, 6.45) is 7.60. The number of nitrogens with zero attached hydrogens (tertiary/aromatic N) is 2. The molecular formula is C17H31N3O. The van der Waals surface area contributed by atoms with Crippen molar-refractivity contribution in [3.63, 3.8) is 0 Å². The van der Waals surface area contributed by atoms with Crippen molar-refractivity contribution < 1.29 is 4.74 Å². The number of rotatable bonds is 9. The number of aromatic nitrogens is 2. The van der Waals surface area contributed by atoms with Gasteiger partial charge < -0.3 is 10.1 Å². The molecule has 4 nitrogen and oxygen atoms in total. The van der Waals surface area contributed by atoms with Crippen molar-refractivity contribution in [2.75, 3.05) is 13.2 Å². The maximum atomic E-state index is 5.76. The summed E-state index contributed by atoms with van der Waals surface area (Å²) in [6, 6.07) is 2.77. The molecule has 0 aromatic carbocycles. The van der Waals surface area contributed by atoms with E-state index in [0.29, 0.717) is 12.1 Å². The summed E-state index contributed by atoms with van der Waals surface area (Å²) in [5.74, 6) is 0. The summed E-state index contributed by atoms with van der Waals surface area (Å²) < 4.78 is 7.90. The molecule has 0 aliphatic carbocycles. The van der Waals surface area contributed by atoms with E-state index in [1.165, 1.54) is 37.8 Å². The molecule has 0 radical (unpaired) electrons. The molecule has 1 aliphatic rings. The summed E-state index contributed by atoms with van der Waals surface area (Å²) in [5, 5.41) is 8.27. The first-order chi connectivity index (χ1) is 10.2. The van der Waals surface area contributed by atoms with Gasteiger partial charge in [-0.25, -0.2) is 0 Å². The molecule has 1 saturated heterocycles. The quantitative estimate of drug-likeness (QED) is 0.760. The van der Waals surface area contributed by atoms with Crippen LogP contribution in [0, 0.1) is 6.92 Å². The fourth-order valence-corrected chi connectivity index (χ4v) is 3.17. The topological polar surface area (TPSA) is 39.1 Å². The van der Waals surface area contributed by atoms with E-state index in [9.17, 15) is 0 Å². The first kappa shape index (κ1) is 16.5. The van der Waals surface area contributed by atoms with E-state index in [4.69, 9.17) is 4.74 Å². The average molecular weight is 293 g/mol. The van der Waals surface area contributed by atoms with Crippen molar-refractivity contribution in [3.05, 3.63) is 17.5 Å². The van der Waals surface area contributed by atoms with E-state index in [1.54, 1.807) is 0 Å². The van der Waals surface area contributed by atoms with Crippen LogP contribution in [0.1, 0.15) is 57.3 Å². The predicted molar refractivity (Wildman–Crippen MR) is 86.6 cm³/mol. The molecule has 0 amide bonds. The monoisotopic (exact) mass is 293 g/mol. The van der Waals surface area contributed by atoms with E-state index < -0.39 is 0 Å². The molecule has 2 unspecified atom stereocenters. The molecule has 4 heteroatoms. The summed E-state index contributed by atoms with van der Waals surface area (Å²) in [5.41, 5.74) is 2.48. The van der Waals surface area contributed by atoms with Crippen molar-refractivity contribution in [1.82, 2.24) is 15.1 Å². The van der Waals surface area contributed by atoms with Crippen LogP contribution in [0.4, 0.5) is 0 Å². The van der Waals surface area contributed by atoms with E-state index in [2.05, 4.69) is 41.9 Å². The van der Waals surface area contributed by atoms with Gasteiger partial charge in [-0.15, -0.1) is 0 Å². The molecule has 0 spiro atoms. The van der Waals surface area contributed by atoms with Gasteiger partial charge in [0.25, 0.3) is 0 Å². The summed E-state index contributed by atoms with van der Waals surface area (Å²) in [4.78, 5) is 0. The second-order valence-electron chi connectivity index (χ2n) is 6.16. The minimum atomic E-state index is 0.494. The molecule has 2 atom stereocenters. The zero-order chi connectivity index (χ0) is 15.1. The van der Waals surface area contributed by atoms with Gasteiger partial charge in [-0.05, 0) is 58.6 Å². The maximum Gasteiger partial charge on any atom is 0.0596 e. The lowest BCUT2D eigenvalue weighted by atomic mass is 10.0. The van der Waals surface area contributed by atoms with Crippen molar-refractivity contribution in [2.24, 2.45) is 0 Å². The molecule has 0 saturated carbocycles.